The summed E-state index contributed by atoms with van der Waals surface area (Å²) in [7, 11) is 0. The molecule has 7 nitrogen and oxygen atoms in total. The summed E-state index contributed by atoms with van der Waals surface area (Å²) >= 11 is 0. The zero-order valence-electron chi connectivity index (χ0n) is 9.68. The van der Waals surface area contributed by atoms with E-state index in [-0.39, 0.29) is 17.4 Å². The summed E-state index contributed by atoms with van der Waals surface area (Å²) in [6.07, 6.45) is 0. The lowest BCUT2D eigenvalue weighted by Crippen LogP contribution is -2.11. The molecule has 18 heavy (non-hydrogen) atoms. The predicted molar refractivity (Wildman–Crippen MR) is 59.6 cm³/mol. The van der Waals surface area contributed by atoms with Gasteiger partial charge in [0.1, 0.15) is 0 Å². The third-order valence-corrected chi connectivity index (χ3v) is 2.42. The van der Waals surface area contributed by atoms with Crippen LogP contribution in [-0.2, 0) is 0 Å². The number of carbonyl (C=O) groups is 2. The zero-order chi connectivity index (χ0) is 13.3. The van der Waals surface area contributed by atoms with Crippen molar-refractivity contribution in [3.05, 3.63) is 34.9 Å². The van der Waals surface area contributed by atoms with Crippen molar-refractivity contribution in [3.63, 3.8) is 0 Å². The first-order valence-electron chi connectivity index (χ1n) is 5.06. The molecule has 0 spiro atoms. The van der Waals surface area contributed by atoms with E-state index in [2.05, 4.69) is 10.5 Å². The van der Waals surface area contributed by atoms with Crippen LogP contribution in [0.1, 0.15) is 32.4 Å². The van der Waals surface area contributed by atoms with Crippen molar-refractivity contribution < 1.29 is 23.6 Å². The summed E-state index contributed by atoms with van der Waals surface area (Å²) in [6.45, 7) is 3.48. The van der Waals surface area contributed by atoms with Gasteiger partial charge < -0.3 is 14.0 Å². The summed E-state index contributed by atoms with van der Waals surface area (Å²) < 4.78 is 9.75. The Kier molecular flexibility index (Phi) is 2.88. The molecule has 0 aliphatic heterocycles. The number of aromatic nitrogens is 1. The van der Waals surface area contributed by atoms with Crippen LogP contribution in [0.15, 0.2) is 21.1 Å². The highest BCUT2D eigenvalue weighted by Gasteiger charge is 2.18. The highest BCUT2D eigenvalue weighted by molar-refractivity contribution is 6.02. The van der Waals surface area contributed by atoms with Gasteiger partial charge in [0.05, 0.1) is 5.69 Å². The van der Waals surface area contributed by atoms with E-state index < -0.39 is 11.9 Å². The molecular weight excluding hydrogens is 240 g/mol. The number of nitrogens with one attached hydrogen (secondary N) is 1. The predicted octanol–water partition coefficient (Wildman–Crippen LogP) is 1.83. The standard InChI is InChI=1S/C11H10N2O5/c1-5-6(2)13-18-10(5)12-9(14)7-3-4-8(17-7)11(15)16/h3-4H,1-2H3,(H,12,14)(H,15,16). The molecule has 2 N–H and O–H groups in total. The van der Waals surface area contributed by atoms with E-state index >= 15 is 0 Å². The first kappa shape index (κ1) is 11.9. The number of rotatable bonds is 3. The van der Waals surface area contributed by atoms with Gasteiger partial charge in [-0.3, -0.25) is 10.1 Å². The van der Waals surface area contributed by atoms with Gasteiger partial charge in [0.2, 0.25) is 11.6 Å². The highest BCUT2D eigenvalue weighted by Crippen LogP contribution is 2.18. The van der Waals surface area contributed by atoms with E-state index in [0.29, 0.717) is 11.3 Å². The van der Waals surface area contributed by atoms with Crippen molar-refractivity contribution in [3.8, 4) is 0 Å². The Morgan fingerprint density at radius 3 is 2.44 bits per heavy atom. The molecule has 0 radical (unpaired) electrons. The van der Waals surface area contributed by atoms with Crippen molar-refractivity contribution >= 4 is 17.8 Å². The summed E-state index contributed by atoms with van der Waals surface area (Å²) in [5, 5.41) is 14.8. The van der Waals surface area contributed by atoms with E-state index in [1.807, 2.05) is 0 Å². The second-order valence-electron chi connectivity index (χ2n) is 3.65. The largest absolute Gasteiger partial charge is 0.475 e. The van der Waals surface area contributed by atoms with Gasteiger partial charge in [-0.05, 0) is 26.0 Å². The first-order chi connectivity index (χ1) is 8.49. The molecule has 2 aromatic rings. The fraction of sp³-hybridized carbons (Fsp3) is 0.182. The van der Waals surface area contributed by atoms with Crippen LogP contribution in [0, 0.1) is 13.8 Å². The number of anilines is 1. The molecule has 2 heterocycles. The fourth-order valence-corrected chi connectivity index (χ4v) is 1.27. The van der Waals surface area contributed by atoms with Crippen LogP contribution in [0.2, 0.25) is 0 Å². The van der Waals surface area contributed by atoms with E-state index in [1.165, 1.54) is 12.1 Å². The van der Waals surface area contributed by atoms with Crippen LogP contribution in [0.3, 0.4) is 0 Å². The second kappa shape index (κ2) is 4.36. The molecule has 0 unspecified atom stereocenters. The maximum Gasteiger partial charge on any atom is 0.371 e. The van der Waals surface area contributed by atoms with Crippen LogP contribution >= 0.6 is 0 Å². The van der Waals surface area contributed by atoms with Crippen molar-refractivity contribution in [2.24, 2.45) is 0 Å². The SMILES string of the molecule is Cc1noc(NC(=O)c2ccc(C(=O)O)o2)c1C. The fourth-order valence-electron chi connectivity index (χ4n) is 1.27. The summed E-state index contributed by atoms with van der Waals surface area (Å²) in [5.41, 5.74) is 1.37. The number of carboxylic acid groups (broad SMARTS) is 1. The molecular formula is C11H10N2O5. The number of aryl methyl sites for hydroxylation is 1. The van der Waals surface area contributed by atoms with Crippen molar-refractivity contribution in [2.45, 2.75) is 13.8 Å². The maximum absolute atomic E-state index is 11.7. The second-order valence-corrected chi connectivity index (χ2v) is 3.65. The van der Waals surface area contributed by atoms with E-state index in [0.717, 1.165) is 0 Å². The zero-order valence-corrected chi connectivity index (χ0v) is 9.68. The monoisotopic (exact) mass is 250 g/mol. The first-order valence-corrected chi connectivity index (χ1v) is 5.06. The molecule has 0 saturated heterocycles. The quantitative estimate of drug-likeness (QED) is 0.860. The Labute approximate surface area is 101 Å². The van der Waals surface area contributed by atoms with Gasteiger partial charge in [-0.25, -0.2) is 4.79 Å². The smallest absolute Gasteiger partial charge is 0.371 e. The van der Waals surface area contributed by atoms with Crippen LogP contribution in [-0.4, -0.2) is 22.1 Å². The van der Waals surface area contributed by atoms with Crippen LogP contribution in [0.4, 0.5) is 5.88 Å². The van der Waals surface area contributed by atoms with E-state index in [1.54, 1.807) is 13.8 Å². The van der Waals surface area contributed by atoms with Gasteiger partial charge in [0.25, 0.3) is 5.91 Å². The van der Waals surface area contributed by atoms with Crippen molar-refractivity contribution in [1.29, 1.82) is 0 Å². The number of nitrogens with zero attached hydrogens (tertiary/aromatic N) is 1. The number of furan rings is 1. The Bertz CT molecular complexity index is 611. The Morgan fingerprint density at radius 1 is 1.28 bits per heavy atom. The van der Waals surface area contributed by atoms with Crippen LogP contribution < -0.4 is 5.32 Å². The number of hydrogen-bond donors (Lipinski definition) is 2. The molecule has 7 heteroatoms. The number of amides is 1. The van der Waals surface area contributed by atoms with Gasteiger partial charge in [0.15, 0.2) is 5.76 Å². The third kappa shape index (κ3) is 2.10. The Hall–Kier alpha value is -2.57. The lowest BCUT2D eigenvalue weighted by Gasteiger charge is -1.98. The summed E-state index contributed by atoms with van der Waals surface area (Å²) in [6, 6.07) is 2.48. The van der Waals surface area contributed by atoms with E-state index in [9.17, 15) is 9.59 Å². The average Bonchev–Trinajstić information content (AvgIpc) is 2.91. The van der Waals surface area contributed by atoms with Gasteiger partial charge in [0, 0.05) is 5.56 Å². The van der Waals surface area contributed by atoms with Gasteiger partial charge in [-0.15, -0.1) is 0 Å². The number of hydrogen-bond acceptors (Lipinski definition) is 5. The topological polar surface area (TPSA) is 106 Å². The normalized spacial score (nSPS) is 10.3. The molecule has 0 fully saturated rings. The minimum atomic E-state index is -1.24. The molecule has 2 aromatic heterocycles. The summed E-state index contributed by atoms with van der Waals surface area (Å²) in [5.74, 6) is -2.03. The molecule has 0 aliphatic rings. The Morgan fingerprint density at radius 2 is 1.94 bits per heavy atom. The number of carboxylic acids is 1. The van der Waals surface area contributed by atoms with Gasteiger partial charge >= 0.3 is 5.97 Å². The third-order valence-electron chi connectivity index (χ3n) is 2.42. The Balaban J connectivity index is 2.17. The highest BCUT2D eigenvalue weighted by atomic mass is 16.5. The number of carbonyl (C=O) groups excluding carboxylic acids is 1. The maximum atomic E-state index is 11.7. The minimum Gasteiger partial charge on any atom is -0.475 e. The lowest BCUT2D eigenvalue weighted by atomic mass is 10.3. The molecule has 0 aromatic carbocycles. The molecule has 1 amide bonds. The molecule has 0 aliphatic carbocycles. The van der Waals surface area contributed by atoms with Crippen LogP contribution in [0.5, 0.6) is 0 Å². The van der Waals surface area contributed by atoms with Crippen molar-refractivity contribution in [1.82, 2.24) is 5.16 Å². The van der Waals surface area contributed by atoms with Gasteiger partial charge in [-0.1, -0.05) is 5.16 Å². The molecule has 94 valence electrons. The lowest BCUT2D eigenvalue weighted by molar-refractivity contribution is 0.0660. The number of aromatic carboxylic acids is 1. The molecule has 0 saturated carbocycles. The van der Waals surface area contributed by atoms with Crippen molar-refractivity contribution in [2.75, 3.05) is 5.32 Å². The molecule has 0 bridgehead atoms. The minimum absolute atomic E-state index is 0.110. The van der Waals surface area contributed by atoms with Crippen LogP contribution in [0.25, 0.3) is 0 Å². The van der Waals surface area contributed by atoms with E-state index in [4.69, 9.17) is 14.0 Å². The average molecular weight is 250 g/mol. The van der Waals surface area contributed by atoms with Gasteiger partial charge in [-0.2, -0.15) is 0 Å². The summed E-state index contributed by atoms with van der Waals surface area (Å²) in [4.78, 5) is 22.3. The molecule has 0 atom stereocenters. The molecule has 2 rings (SSSR count).